The summed E-state index contributed by atoms with van der Waals surface area (Å²) in [5.41, 5.74) is -0.830. The van der Waals surface area contributed by atoms with Gasteiger partial charge in [0.2, 0.25) is 0 Å². The van der Waals surface area contributed by atoms with E-state index in [1.807, 2.05) is 13.8 Å². The van der Waals surface area contributed by atoms with E-state index in [1.54, 1.807) is 0 Å². The summed E-state index contributed by atoms with van der Waals surface area (Å²) in [4.78, 5) is 21.2. The Morgan fingerprint density at radius 2 is 1.32 bits per heavy atom. The number of unbranched alkanes of at least 4 members (excludes halogenated alkanes) is 2. The molecule has 0 spiro atoms. The van der Waals surface area contributed by atoms with Gasteiger partial charge in [-0.05, 0) is 29.8 Å². The lowest BCUT2D eigenvalue weighted by molar-refractivity contribution is -0.437. The molecule has 11 heteroatoms. The number of rotatable bonds is 12. The molecular weight excluding hydrogens is 408 g/mol. The van der Waals surface area contributed by atoms with E-state index in [1.165, 1.54) is 24.3 Å². The van der Waals surface area contributed by atoms with Gasteiger partial charge < -0.3 is 14.7 Å². The summed E-state index contributed by atoms with van der Waals surface area (Å²) in [6, 6.07) is 7.34. The van der Waals surface area contributed by atoms with E-state index in [4.69, 9.17) is 9.47 Å². The second-order valence-electron chi connectivity index (χ2n) is 6.60. The first-order chi connectivity index (χ1) is 14.9. The number of nitro benzene ring substituents is 2. The van der Waals surface area contributed by atoms with Crippen molar-refractivity contribution in [3.05, 3.63) is 61.8 Å². The monoisotopic (exact) mass is 432 g/mol. The van der Waals surface area contributed by atoms with Crippen molar-refractivity contribution in [2.45, 2.75) is 39.5 Å². The zero-order chi connectivity index (χ0) is 22.8. The van der Waals surface area contributed by atoms with Crippen LogP contribution in [-0.4, -0.2) is 27.9 Å². The molecule has 0 aliphatic carbocycles. The molecule has 0 fully saturated rings. The van der Waals surface area contributed by atoms with Crippen LogP contribution < -0.4 is 9.47 Å². The molecule has 0 saturated heterocycles. The predicted octanol–water partition coefficient (Wildman–Crippen LogP) is 5.79. The number of benzene rings is 2. The van der Waals surface area contributed by atoms with Gasteiger partial charge >= 0.3 is 0 Å². The van der Waals surface area contributed by atoms with Crippen LogP contribution in [0.25, 0.3) is 0 Å². The highest BCUT2D eigenvalue weighted by atomic mass is 16.6. The molecule has 2 rings (SSSR count). The van der Waals surface area contributed by atoms with Crippen molar-refractivity contribution < 1.29 is 24.2 Å². The van der Waals surface area contributed by atoms with Crippen molar-refractivity contribution in [3.63, 3.8) is 0 Å². The second kappa shape index (κ2) is 11.4. The van der Waals surface area contributed by atoms with Crippen molar-refractivity contribution in [3.8, 4) is 11.5 Å². The highest BCUT2D eigenvalue weighted by molar-refractivity contribution is 5.58. The molecule has 2 aromatic rings. The Bertz CT molecular complexity index is 963. The molecule has 0 radical (unpaired) electrons. The number of hydrogen-bond acceptors (Lipinski definition) is 8. The lowest BCUT2D eigenvalue weighted by Gasteiger charge is -2.10. The van der Waals surface area contributed by atoms with Crippen LogP contribution in [0, 0.1) is 25.4 Å². The molecule has 0 saturated carbocycles. The minimum absolute atomic E-state index is 0.0636. The highest BCUT2D eigenvalue weighted by Crippen LogP contribution is 2.36. The summed E-state index contributed by atoms with van der Waals surface area (Å²) in [6.45, 7) is 4.61. The molecule has 31 heavy (non-hydrogen) atoms. The minimum atomic E-state index is -0.639. The number of hydrogen-bond donors (Lipinski definition) is 0. The van der Waals surface area contributed by atoms with Gasteiger partial charge in [0.1, 0.15) is 0 Å². The molecule has 0 aliphatic heterocycles. The van der Waals surface area contributed by atoms with E-state index >= 15 is 0 Å². The average Bonchev–Trinajstić information content (AvgIpc) is 2.74. The van der Waals surface area contributed by atoms with Crippen LogP contribution in [0.2, 0.25) is 0 Å². The Hall–Kier alpha value is -3.76. The van der Waals surface area contributed by atoms with Crippen LogP contribution in [0.1, 0.15) is 39.5 Å². The molecule has 0 unspecified atom stereocenters. The second-order valence-corrected chi connectivity index (χ2v) is 6.60. The minimum Gasteiger partial charge on any atom is -0.594 e. The summed E-state index contributed by atoms with van der Waals surface area (Å²) in [6.07, 6.45) is 3.21. The standard InChI is InChI=1S/C20H24N4O7/c1-3-5-11-30-19-9-7-15(23(26)27)13-17(19)21-22(25)18-14-16(24(28)29)8-10-20(18)31-12-6-4-2/h7-10,13-14H,3-6,11-12H2,1-2H3. The maximum Gasteiger partial charge on any atom is 0.293 e. The fourth-order valence-electron chi connectivity index (χ4n) is 2.52. The molecule has 0 atom stereocenters. The average molecular weight is 432 g/mol. The Morgan fingerprint density at radius 1 is 0.806 bits per heavy atom. The predicted molar refractivity (Wildman–Crippen MR) is 112 cm³/mol. The van der Waals surface area contributed by atoms with Crippen molar-refractivity contribution >= 4 is 22.7 Å². The van der Waals surface area contributed by atoms with Gasteiger partial charge in [-0.15, -0.1) is 0 Å². The summed E-state index contributed by atoms with van der Waals surface area (Å²) >= 11 is 0. The molecule has 0 heterocycles. The smallest absolute Gasteiger partial charge is 0.293 e. The Labute approximate surface area is 178 Å². The Kier molecular flexibility index (Phi) is 8.67. The normalized spacial score (nSPS) is 11.2. The summed E-state index contributed by atoms with van der Waals surface area (Å²) in [5.74, 6) is 0.315. The fourth-order valence-corrected chi connectivity index (χ4v) is 2.52. The third-order valence-electron chi connectivity index (χ3n) is 4.22. The topological polar surface area (TPSA) is 143 Å². The first-order valence-corrected chi connectivity index (χ1v) is 9.88. The van der Waals surface area contributed by atoms with Gasteiger partial charge in [0, 0.05) is 17.2 Å². The van der Waals surface area contributed by atoms with E-state index in [0.717, 1.165) is 37.8 Å². The van der Waals surface area contributed by atoms with Crippen LogP contribution in [-0.2, 0) is 0 Å². The molecule has 0 aromatic heterocycles. The van der Waals surface area contributed by atoms with Crippen molar-refractivity contribution in [2.24, 2.45) is 5.11 Å². The summed E-state index contributed by atoms with van der Waals surface area (Å²) in [5, 5.41) is 39.0. The van der Waals surface area contributed by atoms with Crippen molar-refractivity contribution in [2.75, 3.05) is 13.2 Å². The van der Waals surface area contributed by atoms with E-state index in [0.29, 0.717) is 13.2 Å². The Morgan fingerprint density at radius 3 is 1.87 bits per heavy atom. The van der Waals surface area contributed by atoms with Crippen LogP contribution in [0.4, 0.5) is 22.7 Å². The van der Waals surface area contributed by atoms with Gasteiger partial charge in [-0.2, -0.15) is 0 Å². The quantitative estimate of drug-likeness (QED) is 0.136. The molecule has 166 valence electrons. The first kappa shape index (κ1) is 23.5. The van der Waals surface area contributed by atoms with Crippen molar-refractivity contribution in [1.29, 1.82) is 0 Å². The number of ether oxygens (including phenoxy) is 2. The lowest BCUT2D eigenvalue weighted by Crippen LogP contribution is -2.02. The number of nitrogens with zero attached hydrogens (tertiary/aromatic N) is 4. The van der Waals surface area contributed by atoms with Gasteiger partial charge in [0.05, 0.1) is 35.2 Å². The van der Waals surface area contributed by atoms with Gasteiger partial charge in [-0.3, -0.25) is 20.2 Å². The number of azo groups is 1. The summed E-state index contributed by atoms with van der Waals surface area (Å²) < 4.78 is 11.2. The maximum atomic E-state index is 12.8. The zero-order valence-electron chi connectivity index (χ0n) is 17.4. The molecule has 0 amide bonds. The van der Waals surface area contributed by atoms with E-state index in [2.05, 4.69) is 5.11 Å². The fraction of sp³-hybridized carbons (Fsp3) is 0.400. The van der Waals surface area contributed by atoms with E-state index in [-0.39, 0.29) is 39.1 Å². The van der Waals surface area contributed by atoms with Gasteiger partial charge in [-0.1, -0.05) is 26.7 Å². The van der Waals surface area contributed by atoms with Crippen LogP contribution in [0.3, 0.4) is 0 Å². The largest absolute Gasteiger partial charge is 0.594 e. The van der Waals surface area contributed by atoms with Gasteiger partial charge in [0.15, 0.2) is 17.2 Å². The molecule has 2 aromatic carbocycles. The van der Waals surface area contributed by atoms with Crippen LogP contribution in [0.5, 0.6) is 11.5 Å². The van der Waals surface area contributed by atoms with Crippen molar-refractivity contribution in [1.82, 2.24) is 0 Å². The van der Waals surface area contributed by atoms with Crippen LogP contribution >= 0.6 is 0 Å². The molecular formula is C20H24N4O7. The van der Waals surface area contributed by atoms with E-state index < -0.39 is 9.85 Å². The Balaban J connectivity index is 2.50. The highest BCUT2D eigenvalue weighted by Gasteiger charge is 2.21. The molecule has 11 nitrogen and oxygen atoms in total. The van der Waals surface area contributed by atoms with Crippen LogP contribution in [0.15, 0.2) is 41.5 Å². The number of non-ortho nitro benzene ring substituents is 2. The number of nitro groups is 2. The molecule has 0 bridgehead atoms. The van der Waals surface area contributed by atoms with Gasteiger partial charge in [-0.25, -0.2) is 0 Å². The van der Waals surface area contributed by atoms with Gasteiger partial charge in [0.25, 0.3) is 17.1 Å². The molecule has 0 N–H and O–H groups in total. The third-order valence-corrected chi connectivity index (χ3v) is 4.22. The first-order valence-electron chi connectivity index (χ1n) is 9.88. The maximum absolute atomic E-state index is 12.8. The SMILES string of the molecule is CCCCOc1ccc([N+](=O)[O-])cc1N=[N+]([O-])c1cc([N+](=O)[O-])ccc1OCCCC. The lowest BCUT2D eigenvalue weighted by atomic mass is 10.2. The van der Waals surface area contributed by atoms with E-state index in [9.17, 15) is 25.4 Å². The molecule has 0 aliphatic rings. The summed E-state index contributed by atoms with van der Waals surface area (Å²) in [7, 11) is 0. The zero-order valence-corrected chi connectivity index (χ0v) is 17.4. The third kappa shape index (κ3) is 6.63.